The molecule has 0 aromatic rings. The number of ether oxygens (including phenoxy) is 1. The molecule has 0 bridgehead atoms. The second-order valence-corrected chi connectivity index (χ2v) is 4.19. The van der Waals surface area contributed by atoms with Gasteiger partial charge in [-0.05, 0) is 20.5 Å². The number of nitrogens with one attached hydrogen (secondary N) is 1. The van der Waals surface area contributed by atoms with Crippen LogP contribution in [0, 0.1) is 5.41 Å². The van der Waals surface area contributed by atoms with E-state index in [1.54, 1.807) is 0 Å². The molecule has 0 radical (unpaired) electrons. The molecule has 0 atom stereocenters. The second-order valence-electron chi connectivity index (χ2n) is 4.19. The molecule has 0 aliphatic carbocycles. The summed E-state index contributed by atoms with van der Waals surface area (Å²) in [5.74, 6) is 0.146. The van der Waals surface area contributed by atoms with Gasteiger partial charge in [-0.25, -0.2) is 0 Å². The number of carbonyl (C=O) groups is 1. The lowest BCUT2D eigenvalue weighted by Crippen LogP contribution is -2.54. The molecule has 1 aliphatic rings. The van der Waals surface area contributed by atoms with E-state index in [1.165, 1.54) is 0 Å². The summed E-state index contributed by atoms with van der Waals surface area (Å²) in [7, 11) is 3.99. The zero-order valence-electron chi connectivity index (χ0n) is 9.30. The van der Waals surface area contributed by atoms with E-state index in [0.29, 0.717) is 19.8 Å². The fourth-order valence-corrected chi connectivity index (χ4v) is 1.42. The molecule has 82 valence electrons. The van der Waals surface area contributed by atoms with Gasteiger partial charge in [0.25, 0.3) is 0 Å². The SMILES string of the molecule is CCC1(C(=O)NCCN(C)C)COC1. The third-order valence-electron chi connectivity index (χ3n) is 2.76. The van der Waals surface area contributed by atoms with Crippen molar-refractivity contribution in [3.8, 4) is 0 Å². The average Bonchev–Trinajstić information content (AvgIpc) is 2.02. The van der Waals surface area contributed by atoms with E-state index >= 15 is 0 Å². The highest BCUT2D eigenvalue weighted by Crippen LogP contribution is 2.31. The smallest absolute Gasteiger partial charge is 0.230 e. The molecule has 1 rings (SSSR count). The van der Waals surface area contributed by atoms with Crippen LogP contribution < -0.4 is 5.32 Å². The Labute approximate surface area is 85.6 Å². The van der Waals surface area contributed by atoms with Gasteiger partial charge in [-0.3, -0.25) is 4.79 Å². The maximum Gasteiger partial charge on any atom is 0.230 e. The molecule has 1 saturated heterocycles. The Kier molecular flexibility index (Phi) is 3.89. The van der Waals surface area contributed by atoms with E-state index in [0.717, 1.165) is 13.0 Å². The summed E-state index contributed by atoms with van der Waals surface area (Å²) in [5.41, 5.74) is -0.230. The highest BCUT2D eigenvalue weighted by molar-refractivity contribution is 5.83. The van der Waals surface area contributed by atoms with Crippen LogP contribution in [0.2, 0.25) is 0 Å². The molecule has 4 heteroatoms. The lowest BCUT2D eigenvalue weighted by Gasteiger charge is -2.39. The van der Waals surface area contributed by atoms with Gasteiger partial charge in [0.2, 0.25) is 5.91 Å². The number of amides is 1. The summed E-state index contributed by atoms with van der Waals surface area (Å²) in [5, 5.41) is 2.95. The molecule has 1 heterocycles. The number of likely N-dealkylation sites (N-methyl/N-ethyl adjacent to an activating group) is 1. The molecule has 0 saturated carbocycles. The van der Waals surface area contributed by atoms with Gasteiger partial charge in [-0.2, -0.15) is 0 Å². The highest BCUT2D eigenvalue weighted by atomic mass is 16.5. The third-order valence-corrected chi connectivity index (χ3v) is 2.76. The number of nitrogens with zero attached hydrogens (tertiary/aromatic N) is 1. The van der Waals surface area contributed by atoms with E-state index in [4.69, 9.17) is 4.74 Å². The first-order valence-electron chi connectivity index (χ1n) is 5.11. The van der Waals surface area contributed by atoms with Gasteiger partial charge in [0, 0.05) is 13.1 Å². The van der Waals surface area contributed by atoms with Crippen LogP contribution in [0.1, 0.15) is 13.3 Å². The van der Waals surface area contributed by atoms with Crippen LogP contribution in [0.15, 0.2) is 0 Å². The van der Waals surface area contributed by atoms with E-state index in [2.05, 4.69) is 10.2 Å². The van der Waals surface area contributed by atoms with Crippen LogP contribution in [0.3, 0.4) is 0 Å². The largest absolute Gasteiger partial charge is 0.379 e. The molecule has 1 amide bonds. The first kappa shape index (κ1) is 11.5. The van der Waals surface area contributed by atoms with Gasteiger partial charge in [0.15, 0.2) is 0 Å². The Bertz CT molecular complexity index is 195. The Morgan fingerprint density at radius 1 is 1.50 bits per heavy atom. The minimum atomic E-state index is -0.230. The minimum absolute atomic E-state index is 0.146. The lowest BCUT2D eigenvalue weighted by atomic mass is 9.82. The minimum Gasteiger partial charge on any atom is -0.379 e. The molecule has 0 spiro atoms. The van der Waals surface area contributed by atoms with E-state index in [1.807, 2.05) is 21.0 Å². The fourth-order valence-electron chi connectivity index (χ4n) is 1.42. The quantitative estimate of drug-likeness (QED) is 0.684. The Morgan fingerprint density at radius 2 is 2.14 bits per heavy atom. The van der Waals surface area contributed by atoms with Crippen molar-refractivity contribution in [1.82, 2.24) is 10.2 Å². The van der Waals surface area contributed by atoms with Crippen molar-refractivity contribution in [3.05, 3.63) is 0 Å². The first-order chi connectivity index (χ1) is 6.60. The van der Waals surface area contributed by atoms with E-state index in [-0.39, 0.29) is 11.3 Å². The summed E-state index contributed by atoms with van der Waals surface area (Å²) in [4.78, 5) is 13.8. The predicted molar refractivity (Wildman–Crippen MR) is 55.1 cm³/mol. The summed E-state index contributed by atoms with van der Waals surface area (Å²) in [6.45, 7) is 4.79. The molecule has 14 heavy (non-hydrogen) atoms. The van der Waals surface area contributed by atoms with Crippen molar-refractivity contribution < 1.29 is 9.53 Å². The standard InChI is InChI=1S/C10H20N2O2/c1-4-10(7-14-8-10)9(13)11-5-6-12(2)3/h4-8H2,1-3H3,(H,11,13). The van der Waals surface area contributed by atoms with Gasteiger partial charge in [0.1, 0.15) is 0 Å². The Balaban J connectivity index is 2.27. The highest BCUT2D eigenvalue weighted by Gasteiger charge is 2.43. The molecule has 0 aromatic carbocycles. The van der Waals surface area contributed by atoms with Crippen LogP contribution in [-0.2, 0) is 9.53 Å². The zero-order valence-corrected chi connectivity index (χ0v) is 9.30. The molecular formula is C10H20N2O2. The van der Waals surface area contributed by atoms with Crippen molar-refractivity contribution in [2.45, 2.75) is 13.3 Å². The van der Waals surface area contributed by atoms with Crippen molar-refractivity contribution in [3.63, 3.8) is 0 Å². The fraction of sp³-hybridized carbons (Fsp3) is 0.900. The summed E-state index contributed by atoms with van der Waals surface area (Å²) < 4.78 is 5.11. The zero-order chi connectivity index (χ0) is 10.6. The third kappa shape index (κ3) is 2.45. The van der Waals surface area contributed by atoms with Crippen LogP contribution in [-0.4, -0.2) is 51.2 Å². The topological polar surface area (TPSA) is 41.6 Å². The first-order valence-corrected chi connectivity index (χ1v) is 5.11. The monoisotopic (exact) mass is 200 g/mol. The maximum atomic E-state index is 11.8. The van der Waals surface area contributed by atoms with E-state index < -0.39 is 0 Å². The number of carbonyl (C=O) groups excluding carboxylic acids is 1. The van der Waals surface area contributed by atoms with Gasteiger partial charge in [-0.15, -0.1) is 0 Å². The lowest BCUT2D eigenvalue weighted by molar-refractivity contribution is -0.162. The number of hydrogen-bond donors (Lipinski definition) is 1. The molecule has 1 aliphatic heterocycles. The maximum absolute atomic E-state index is 11.8. The van der Waals surface area contributed by atoms with Crippen molar-refractivity contribution in [2.75, 3.05) is 40.4 Å². The predicted octanol–water partition coefficient (Wildman–Crippen LogP) is 0.0908. The average molecular weight is 200 g/mol. The van der Waals surface area contributed by atoms with Crippen LogP contribution >= 0.6 is 0 Å². The Morgan fingerprint density at radius 3 is 2.50 bits per heavy atom. The van der Waals surface area contributed by atoms with Crippen molar-refractivity contribution >= 4 is 5.91 Å². The molecule has 1 N–H and O–H groups in total. The normalized spacial score (nSPS) is 19.1. The summed E-state index contributed by atoms with van der Waals surface area (Å²) >= 11 is 0. The van der Waals surface area contributed by atoms with Crippen LogP contribution in [0.4, 0.5) is 0 Å². The number of rotatable bonds is 5. The molecular weight excluding hydrogens is 180 g/mol. The van der Waals surface area contributed by atoms with Gasteiger partial charge < -0.3 is 15.0 Å². The molecule has 0 aromatic heterocycles. The number of hydrogen-bond acceptors (Lipinski definition) is 3. The van der Waals surface area contributed by atoms with Crippen molar-refractivity contribution in [2.24, 2.45) is 5.41 Å². The van der Waals surface area contributed by atoms with Crippen LogP contribution in [0.5, 0.6) is 0 Å². The van der Waals surface area contributed by atoms with Gasteiger partial charge >= 0.3 is 0 Å². The molecule has 0 unspecified atom stereocenters. The molecule has 4 nitrogen and oxygen atoms in total. The van der Waals surface area contributed by atoms with Gasteiger partial charge in [-0.1, -0.05) is 6.92 Å². The summed E-state index contributed by atoms with van der Waals surface area (Å²) in [6, 6.07) is 0. The molecule has 1 fully saturated rings. The van der Waals surface area contributed by atoms with Gasteiger partial charge in [0.05, 0.1) is 18.6 Å². The second kappa shape index (κ2) is 4.75. The van der Waals surface area contributed by atoms with Crippen molar-refractivity contribution in [1.29, 1.82) is 0 Å². The van der Waals surface area contributed by atoms with E-state index in [9.17, 15) is 4.79 Å². The van der Waals surface area contributed by atoms with Crippen LogP contribution in [0.25, 0.3) is 0 Å². The summed E-state index contributed by atoms with van der Waals surface area (Å²) in [6.07, 6.45) is 0.862. The Hall–Kier alpha value is -0.610.